The highest BCUT2D eigenvalue weighted by Gasteiger charge is 2.24. The molecule has 1 saturated carbocycles. The summed E-state index contributed by atoms with van der Waals surface area (Å²) in [5, 5.41) is 13.8. The Balaban J connectivity index is 2.32. The van der Waals surface area contributed by atoms with Crippen LogP contribution in [0.2, 0.25) is 0 Å². The number of aliphatic hydroxyl groups is 1. The Morgan fingerprint density at radius 2 is 1.76 bits per heavy atom. The summed E-state index contributed by atoms with van der Waals surface area (Å²) in [6.07, 6.45) is 8.70. The zero-order chi connectivity index (χ0) is 12.7. The number of hydrogen-bond acceptors (Lipinski definition) is 2. The average molecular weight is 241 g/mol. The molecule has 0 aromatic heterocycles. The first-order valence-corrected chi connectivity index (χ1v) is 7.64. The molecule has 17 heavy (non-hydrogen) atoms. The third-order valence-corrected chi connectivity index (χ3v) is 4.62. The fourth-order valence-electron chi connectivity index (χ4n) is 3.24. The Morgan fingerprint density at radius 3 is 2.35 bits per heavy atom. The lowest BCUT2D eigenvalue weighted by atomic mass is 9.82. The summed E-state index contributed by atoms with van der Waals surface area (Å²) in [6, 6.07) is 0.651. The van der Waals surface area contributed by atoms with E-state index in [2.05, 4.69) is 26.1 Å². The van der Waals surface area contributed by atoms with Crippen LogP contribution < -0.4 is 5.32 Å². The molecule has 0 heterocycles. The van der Waals surface area contributed by atoms with Crippen LogP contribution in [0.4, 0.5) is 0 Å². The van der Waals surface area contributed by atoms with Crippen molar-refractivity contribution >= 4 is 0 Å². The van der Waals surface area contributed by atoms with Gasteiger partial charge >= 0.3 is 0 Å². The molecule has 0 aliphatic heterocycles. The molecule has 2 heteroatoms. The zero-order valence-corrected chi connectivity index (χ0v) is 11.9. The van der Waals surface area contributed by atoms with E-state index < -0.39 is 0 Å². The molecular weight excluding hydrogens is 210 g/mol. The normalized spacial score (nSPS) is 27.4. The maximum atomic E-state index is 10.1. The quantitative estimate of drug-likeness (QED) is 0.716. The average Bonchev–Trinajstić information content (AvgIpc) is 2.38. The summed E-state index contributed by atoms with van der Waals surface area (Å²) in [6.45, 7) is 7.43. The molecule has 1 aliphatic rings. The van der Waals surface area contributed by atoms with Crippen molar-refractivity contribution in [2.24, 2.45) is 11.8 Å². The van der Waals surface area contributed by atoms with Gasteiger partial charge in [-0.15, -0.1) is 0 Å². The van der Waals surface area contributed by atoms with Gasteiger partial charge in [0.05, 0.1) is 6.10 Å². The van der Waals surface area contributed by atoms with Gasteiger partial charge in [-0.25, -0.2) is 0 Å². The van der Waals surface area contributed by atoms with Gasteiger partial charge in [0.15, 0.2) is 0 Å². The zero-order valence-electron chi connectivity index (χ0n) is 11.9. The molecule has 0 bridgehead atoms. The minimum atomic E-state index is -0.163. The van der Waals surface area contributed by atoms with Crippen molar-refractivity contribution < 1.29 is 5.11 Å². The van der Waals surface area contributed by atoms with Gasteiger partial charge < -0.3 is 10.4 Å². The molecule has 0 saturated heterocycles. The molecule has 0 radical (unpaired) electrons. The molecule has 2 N–H and O–H groups in total. The van der Waals surface area contributed by atoms with Crippen molar-refractivity contribution in [3.05, 3.63) is 0 Å². The third-order valence-electron chi connectivity index (χ3n) is 4.62. The molecule has 0 aromatic carbocycles. The van der Waals surface area contributed by atoms with Crippen LogP contribution in [0.15, 0.2) is 0 Å². The number of hydrogen-bond donors (Lipinski definition) is 2. The van der Waals surface area contributed by atoms with Gasteiger partial charge in [0.25, 0.3) is 0 Å². The molecule has 2 nitrogen and oxygen atoms in total. The highest BCUT2D eigenvalue weighted by Crippen LogP contribution is 2.27. The Kier molecular flexibility index (Phi) is 7.14. The lowest BCUT2D eigenvalue weighted by Crippen LogP contribution is -2.43. The molecule has 0 amide bonds. The second-order valence-corrected chi connectivity index (χ2v) is 5.61. The van der Waals surface area contributed by atoms with Crippen LogP contribution in [0.25, 0.3) is 0 Å². The Labute approximate surface area is 107 Å². The summed E-state index contributed by atoms with van der Waals surface area (Å²) in [7, 11) is 0. The summed E-state index contributed by atoms with van der Waals surface area (Å²) in [5.74, 6) is 1.30. The fourth-order valence-corrected chi connectivity index (χ4v) is 3.24. The molecular formula is C15H31NO. The van der Waals surface area contributed by atoms with Gasteiger partial charge in [0, 0.05) is 12.6 Å². The summed E-state index contributed by atoms with van der Waals surface area (Å²) in [4.78, 5) is 0. The first-order chi connectivity index (χ1) is 8.22. The topological polar surface area (TPSA) is 32.3 Å². The Bertz CT molecular complexity index is 191. The molecule has 1 fully saturated rings. The van der Waals surface area contributed by atoms with Crippen LogP contribution in [-0.2, 0) is 0 Å². The van der Waals surface area contributed by atoms with E-state index >= 15 is 0 Å². The van der Waals surface area contributed by atoms with Crippen molar-refractivity contribution in [3.8, 4) is 0 Å². The van der Waals surface area contributed by atoms with Crippen molar-refractivity contribution in [1.29, 1.82) is 0 Å². The molecule has 102 valence electrons. The molecule has 0 spiro atoms. The standard InChI is InChI=1S/C15H31NO/c1-4-12(5-2)15(17)11-16-14-10-8-7-9-13(14)6-3/h12-17H,4-11H2,1-3H3. The number of nitrogens with one attached hydrogen (secondary N) is 1. The SMILES string of the molecule is CCC(CC)C(O)CNC1CCCCC1CC. The monoisotopic (exact) mass is 241 g/mol. The van der Waals surface area contributed by atoms with E-state index in [-0.39, 0.29) is 6.10 Å². The molecule has 1 rings (SSSR count). The Hall–Kier alpha value is -0.0800. The van der Waals surface area contributed by atoms with Crippen LogP contribution in [0, 0.1) is 11.8 Å². The lowest BCUT2D eigenvalue weighted by molar-refractivity contribution is 0.0917. The summed E-state index contributed by atoms with van der Waals surface area (Å²) < 4.78 is 0. The van der Waals surface area contributed by atoms with Crippen molar-refractivity contribution in [3.63, 3.8) is 0 Å². The van der Waals surface area contributed by atoms with Crippen LogP contribution in [-0.4, -0.2) is 23.8 Å². The van der Waals surface area contributed by atoms with E-state index in [1.807, 2.05) is 0 Å². The van der Waals surface area contributed by atoms with Gasteiger partial charge in [0.1, 0.15) is 0 Å². The van der Waals surface area contributed by atoms with Crippen LogP contribution in [0.3, 0.4) is 0 Å². The third kappa shape index (κ3) is 4.59. The van der Waals surface area contributed by atoms with Crippen LogP contribution in [0.1, 0.15) is 65.7 Å². The van der Waals surface area contributed by atoms with Crippen LogP contribution in [0.5, 0.6) is 0 Å². The smallest absolute Gasteiger partial charge is 0.0692 e. The first kappa shape index (κ1) is 15.0. The largest absolute Gasteiger partial charge is 0.392 e. The van der Waals surface area contributed by atoms with E-state index in [1.165, 1.54) is 32.1 Å². The van der Waals surface area contributed by atoms with E-state index in [0.717, 1.165) is 25.3 Å². The lowest BCUT2D eigenvalue weighted by Gasteiger charge is -2.33. The van der Waals surface area contributed by atoms with Crippen molar-refractivity contribution in [2.45, 2.75) is 77.9 Å². The van der Waals surface area contributed by atoms with Gasteiger partial charge in [-0.05, 0) is 24.7 Å². The van der Waals surface area contributed by atoms with E-state index in [0.29, 0.717) is 12.0 Å². The molecule has 0 aromatic rings. The highest BCUT2D eigenvalue weighted by atomic mass is 16.3. The predicted molar refractivity (Wildman–Crippen MR) is 74.1 cm³/mol. The maximum absolute atomic E-state index is 10.1. The molecule has 3 unspecified atom stereocenters. The summed E-state index contributed by atoms with van der Waals surface area (Å²) in [5.41, 5.74) is 0. The second-order valence-electron chi connectivity index (χ2n) is 5.61. The van der Waals surface area contributed by atoms with Gasteiger partial charge in [0.2, 0.25) is 0 Å². The van der Waals surface area contributed by atoms with E-state index in [1.54, 1.807) is 0 Å². The van der Waals surface area contributed by atoms with Crippen molar-refractivity contribution in [1.82, 2.24) is 5.32 Å². The number of aliphatic hydroxyl groups excluding tert-OH is 1. The Morgan fingerprint density at radius 1 is 1.12 bits per heavy atom. The van der Waals surface area contributed by atoms with Gasteiger partial charge in [-0.3, -0.25) is 0 Å². The first-order valence-electron chi connectivity index (χ1n) is 7.64. The van der Waals surface area contributed by atoms with Crippen LogP contribution >= 0.6 is 0 Å². The minimum Gasteiger partial charge on any atom is -0.392 e. The van der Waals surface area contributed by atoms with Gasteiger partial charge in [-0.2, -0.15) is 0 Å². The summed E-state index contributed by atoms with van der Waals surface area (Å²) >= 11 is 0. The van der Waals surface area contributed by atoms with Crippen molar-refractivity contribution in [2.75, 3.05) is 6.54 Å². The minimum absolute atomic E-state index is 0.163. The van der Waals surface area contributed by atoms with E-state index in [4.69, 9.17) is 0 Å². The maximum Gasteiger partial charge on any atom is 0.0692 e. The predicted octanol–water partition coefficient (Wildman–Crippen LogP) is 3.34. The number of rotatable bonds is 7. The fraction of sp³-hybridized carbons (Fsp3) is 1.00. The van der Waals surface area contributed by atoms with Gasteiger partial charge in [-0.1, -0.05) is 52.9 Å². The second kappa shape index (κ2) is 8.10. The highest BCUT2D eigenvalue weighted by molar-refractivity contribution is 4.81. The van der Waals surface area contributed by atoms with E-state index in [9.17, 15) is 5.11 Å². The molecule has 1 aliphatic carbocycles. The molecule has 3 atom stereocenters.